The highest BCUT2D eigenvalue weighted by molar-refractivity contribution is 5.78. The molecule has 1 aliphatic carbocycles. The first kappa shape index (κ1) is 15.3. The van der Waals surface area contributed by atoms with E-state index in [0.717, 1.165) is 24.2 Å². The number of nitrogens with one attached hydrogen (secondary N) is 1. The average Bonchev–Trinajstić information content (AvgIpc) is 3.07. The first-order chi connectivity index (χ1) is 8.35. The molecule has 0 bridgehead atoms. The number of amides is 1. The normalized spacial score (nSPS) is 17.6. The quantitative estimate of drug-likeness (QED) is 0.716. The van der Waals surface area contributed by atoms with Gasteiger partial charge in [0.05, 0.1) is 6.54 Å². The highest BCUT2D eigenvalue weighted by Gasteiger charge is 2.40. The van der Waals surface area contributed by atoms with Gasteiger partial charge in [0.2, 0.25) is 5.91 Å². The van der Waals surface area contributed by atoms with Crippen LogP contribution in [-0.4, -0.2) is 42.7 Å². The van der Waals surface area contributed by atoms with Crippen LogP contribution < -0.4 is 5.32 Å². The molecule has 0 aromatic heterocycles. The number of nitrogens with zero attached hydrogens (tertiary/aromatic N) is 1. The molecule has 0 aliphatic heterocycles. The summed E-state index contributed by atoms with van der Waals surface area (Å²) in [4.78, 5) is 12.8. The zero-order valence-electron chi connectivity index (χ0n) is 10.9. The highest BCUT2D eigenvalue weighted by atomic mass is 19.4. The van der Waals surface area contributed by atoms with Gasteiger partial charge in [-0.05, 0) is 38.6 Å². The van der Waals surface area contributed by atoms with Crippen LogP contribution in [0.25, 0.3) is 0 Å². The SMILES string of the molecule is CCCNCC(=O)N(CC(F)(F)F)C(C)C1CC1. The summed E-state index contributed by atoms with van der Waals surface area (Å²) >= 11 is 0. The average molecular weight is 266 g/mol. The lowest BCUT2D eigenvalue weighted by atomic mass is 10.1. The van der Waals surface area contributed by atoms with Crippen LogP contribution in [0.3, 0.4) is 0 Å². The van der Waals surface area contributed by atoms with Crippen LogP contribution in [0.1, 0.15) is 33.1 Å². The third-order valence-corrected chi connectivity index (χ3v) is 3.17. The summed E-state index contributed by atoms with van der Waals surface area (Å²) in [5, 5.41) is 2.86. The molecular weight excluding hydrogens is 245 g/mol. The molecule has 0 spiro atoms. The van der Waals surface area contributed by atoms with Gasteiger partial charge < -0.3 is 10.2 Å². The van der Waals surface area contributed by atoms with Crippen molar-refractivity contribution in [2.75, 3.05) is 19.6 Å². The maximum absolute atomic E-state index is 12.5. The Hall–Kier alpha value is -0.780. The fourth-order valence-corrected chi connectivity index (χ4v) is 1.96. The first-order valence-corrected chi connectivity index (χ1v) is 6.42. The maximum atomic E-state index is 12.5. The summed E-state index contributed by atoms with van der Waals surface area (Å²) in [6, 6.07) is -0.317. The van der Waals surface area contributed by atoms with E-state index in [4.69, 9.17) is 0 Å². The van der Waals surface area contributed by atoms with E-state index >= 15 is 0 Å². The Morgan fingerprint density at radius 3 is 2.50 bits per heavy atom. The van der Waals surface area contributed by atoms with Crippen molar-refractivity contribution in [3.8, 4) is 0 Å². The minimum Gasteiger partial charge on any atom is -0.330 e. The number of halogens is 3. The highest BCUT2D eigenvalue weighted by Crippen LogP contribution is 2.36. The van der Waals surface area contributed by atoms with Crippen LogP contribution >= 0.6 is 0 Å². The number of rotatable bonds is 7. The van der Waals surface area contributed by atoms with E-state index in [0.29, 0.717) is 6.54 Å². The molecule has 6 heteroatoms. The molecule has 1 fully saturated rings. The van der Waals surface area contributed by atoms with E-state index in [-0.39, 0.29) is 18.5 Å². The number of carbonyl (C=O) groups excluding carboxylic acids is 1. The molecular formula is C12H21F3N2O. The Morgan fingerprint density at radius 2 is 2.06 bits per heavy atom. The predicted octanol–water partition coefficient (Wildman–Crippen LogP) is 2.18. The van der Waals surface area contributed by atoms with Crippen molar-refractivity contribution in [2.45, 2.75) is 45.3 Å². The van der Waals surface area contributed by atoms with Gasteiger partial charge in [0.25, 0.3) is 0 Å². The molecule has 0 saturated heterocycles. The van der Waals surface area contributed by atoms with Crippen molar-refractivity contribution < 1.29 is 18.0 Å². The molecule has 0 heterocycles. The largest absolute Gasteiger partial charge is 0.406 e. The summed E-state index contributed by atoms with van der Waals surface area (Å²) in [5.74, 6) is -0.220. The third kappa shape index (κ3) is 5.25. The Labute approximate surface area is 106 Å². The molecule has 1 rings (SSSR count). The number of alkyl halides is 3. The third-order valence-electron chi connectivity index (χ3n) is 3.17. The molecule has 0 aromatic rings. The minimum absolute atomic E-state index is 0.0129. The summed E-state index contributed by atoms with van der Waals surface area (Å²) in [6.07, 6.45) is -1.63. The lowest BCUT2D eigenvalue weighted by molar-refractivity contribution is -0.165. The topological polar surface area (TPSA) is 32.3 Å². The number of hydrogen-bond donors (Lipinski definition) is 1. The minimum atomic E-state index is -4.33. The van der Waals surface area contributed by atoms with Crippen molar-refractivity contribution in [1.29, 1.82) is 0 Å². The smallest absolute Gasteiger partial charge is 0.330 e. The molecule has 1 N–H and O–H groups in total. The zero-order valence-corrected chi connectivity index (χ0v) is 10.9. The van der Waals surface area contributed by atoms with E-state index in [1.165, 1.54) is 0 Å². The molecule has 1 amide bonds. The zero-order chi connectivity index (χ0) is 13.8. The van der Waals surface area contributed by atoms with Crippen LogP contribution in [0, 0.1) is 5.92 Å². The Kier molecular flexibility index (Phi) is 5.44. The monoisotopic (exact) mass is 266 g/mol. The van der Waals surface area contributed by atoms with Crippen molar-refractivity contribution in [3.63, 3.8) is 0 Å². The Morgan fingerprint density at radius 1 is 1.44 bits per heavy atom. The van der Waals surface area contributed by atoms with Gasteiger partial charge in [-0.2, -0.15) is 13.2 Å². The van der Waals surface area contributed by atoms with E-state index in [2.05, 4.69) is 5.32 Å². The van der Waals surface area contributed by atoms with Gasteiger partial charge in [-0.1, -0.05) is 6.92 Å². The molecule has 1 saturated carbocycles. The molecule has 106 valence electrons. The Bertz CT molecular complexity index is 277. The second-order valence-electron chi connectivity index (χ2n) is 4.89. The van der Waals surface area contributed by atoms with Crippen LogP contribution in [0.15, 0.2) is 0 Å². The van der Waals surface area contributed by atoms with Gasteiger partial charge in [-0.15, -0.1) is 0 Å². The van der Waals surface area contributed by atoms with Gasteiger partial charge in [0.1, 0.15) is 6.54 Å². The van der Waals surface area contributed by atoms with E-state index in [1.54, 1.807) is 6.92 Å². The predicted molar refractivity (Wildman–Crippen MR) is 63.1 cm³/mol. The van der Waals surface area contributed by atoms with Crippen molar-refractivity contribution >= 4 is 5.91 Å². The van der Waals surface area contributed by atoms with E-state index in [1.807, 2.05) is 6.92 Å². The van der Waals surface area contributed by atoms with Gasteiger partial charge in [-0.3, -0.25) is 4.79 Å². The van der Waals surface area contributed by atoms with Crippen LogP contribution in [0.5, 0.6) is 0 Å². The lowest BCUT2D eigenvalue weighted by Crippen LogP contribution is -2.48. The fourth-order valence-electron chi connectivity index (χ4n) is 1.96. The van der Waals surface area contributed by atoms with E-state index < -0.39 is 18.6 Å². The van der Waals surface area contributed by atoms with Gasteiger partial charge in [-0.25, -0.2) is 0 Å². The van der Waals surface area contributed by atoms with E-state index in [9.17, 15) is 18.0 Å². The molecule has 1 unspecified atom stereocenters. The van der Waals surface area contributed by atoms with Crippen LogP contribution in [0.2, 0.25) is 0 Å². The molecule has 1 aliphatic rings. The molecule has 0 radical (unpaired) electrons. The first-order valence-electron chi connectivity index (χ1n) is 6.42. The second kappa shape index (κ2) is 6.41. The summed E-state index contributed by atoms with van der Waals surface area (Å²) < 4.78 is 37.5. The van der Waals surface area contributed by atoms with Crippen LogP contribution in [0.4, 0.5) is 13.2 Å². The van der Waals surface area contributed by atoms with Crippen molar-refractivity contribution in [2.24, 2.45) is 5.92 Å². The maximum Gasteiger partial charge on any atom is 0.406 e. The van der Waals surface area contributed by atoms with Crippen molar-refractivity contribution in [1.82, 2.24) is 10.2 Å². The van der Waals surface area contributed by atoms with Gasteiger partial charge in [0.15, 0.2) is 0 Å². The second-order valence-corrected chi connectivity index (χ2v) is 4.89. The molecule has 0 aromatic carbocycles. The summed E-state index contributed by atoms with van der Waals surface area (Å²) in [5.41, 5.74) is 0. The summed E-state index contributed by atoms with van der Waals surface area (Å²) in [7, 11) is 0. The Balaban J connectivity index is 2.55. The fraction of sp³-hybridized carbons (Fsp3) is 0.917. The standard InChI is InChI=1S/C12H21F3N2O/c1-3-6-16-7-11(18)17(8-12(13,14)15)9(2)10-4-5-10/h9-10,16H,3-8H2,1-2H3. The molecule has 18 heavy (non-hydrogen) atoms. The van der Waals surface area contributed by atoms with Gasteiger partial charge >= 0.3 is 6.18 Å². The lowest BCUT2D eigenvalue weighted by Gasteiger charge is -2.30. The number of carbonyl (C=O) groups is 1. The van der Waals surface area contributed by atoms with Crippen LogP contribution in [-0.2, 0) is 4.79 Å². The van der Waals surface area contributed by atoms with Crippen molar-refractivity contribution in [3.05, 3.63) is 0 Å². The van der Waals surface area contributed by atoms with Gasteiger partial charge in [0, 0.05) is 6.04 Å². The summed E-state index contributed by atoms with van der Waals surface area (Å²) in [6.45, 7) is 3.14. The molecule has 1 atom stereocenters. The number of hydrogen-bond acceptors (Lipinski definition) is 2. The molecule has 3 nitrogen and oxygen atoms in total.